The minimum Gasteiger partial charge on any atom is -0.423 e. The Morgan fingerprint density at radius 2 is 1.09 bits per heavy atom. The average Bonchev–Trinajstić information content (AvgIpc) is 3.00. The summed E-state index contributed by atoms with van der Waals surface area (Å²) in [4.78, 5) is 22.3. The van der Waals surface area contributed by atoms with E-state index in [0.29, 0.717) is 59.7 Å². The summed E-state index contributed by atoms with van der Waals surface area (Å²) in [6.45, 7) is 0. The van der Waals surface area contributed by atoms with Crippen molar-refractivity contribution in [1.29, 1.82) is 0 Å². The van der Waals surface area contributed by atoms with Crippen molar-refractivity contribution in [3.05, 3.63) is 117 Å². The number of halogens is 4. The Hall–Kier alpha value is -4.67. The van der Waals surface area contributed by atoms with Crippen LogP contribution in [0.4, 0.5) is 29.2 Å². The summed E-state index contributed by atoms with van der Waals surface area (Å²) in [5.74, 6) is 0.847. The van der Waals surface area contributed by atoms with E-state index in [4.69, 9.17) is 56.9 Å². The molecule has 2 aromatic heterocycles. The SMILES string of the molecule is Nc1nc(-c2ccccc2Cl)cc(-c2cc(Cl)ccc2Oc2nc(Nc3ccc(Cl)cc3)nc(Nc3ccc(Cl)cc3)n2)n1. The van der Waals surface area contributed by atoms with Gasteiger partial charge in [-0.3, -0.25) is 0 Å². The van der Waals surface area contributed by atoms with E-state index in [-0.39, 0.29) is 23.9 Å². The lowest BCUT2D eigenvalue weighted by atomic mass is 10.1. The number of rotatable bonds is 8. The minimum atomic E-state index is -0.00939. The molecule has 44 heavy (non-hydrogen) atoms. The summed E-state index contributed by atoms with van der Waals surface area (Å²) in [5.41, 5.74) is 9.76. The van der Waals surface area contributed by atoms with E-state index < -0.39 is 0 Å². The molecular weight excluding hydrogens is 642 g/mol. The summed E-state index contributed by atoms with van der Waals surface area (Å²) in [6, 6.07) is 28.3. The molecule has 6 rings (SSSR count). The molecule has 9 nitrogen and oxygen atoms in total. The van der Waals surface area contributed by atoms with Gasteiger partial charge in [0.1, 0.15) is 5.75 Å². The maximum absolute atomic E-state index is 6.44. The average molecular weight is 662 g/mol. The van der Waals surface area contributed by atoms with Crippen LogP contribution in [0.1, 0.15) is 0 Å². The number of hydrogen-bond acceptors (Lipinski definition) is 9. The Bertz CT molecular complexity index is 1890. The van der Waals surface area contributed by atoms with E-state index in [1.807, 2.05) is 18.2 Å². The van der Waals surface area contributed by atoms with Crippen LogP contribution in [0.3, 0.4) is 0 Å². The van der Waals surface area contributed by atoms with E-state index in [9.17, 15) is 0 Å². The third-order valence-electron chi connectivity index (χ3n) is 6.13. The highest BCUT2D eigenvalue weighted by atomic mass is 35.5. The first-order valence-electron chi connectivity index (χ1n) is 13.0. The van der Waals surface area contributed by atoms with Gasteiger partial charge in [-0.25, -0.2) is 9.97 Å². The maximum Gasteiger partial charge on any atom is 0.328 e. The molecule has 0 aliphatic rings. The lowest BCUT2D eigenvalue weighted by Crippen LogP contribution is -2.06. The molecule has 218 valence electrons. The zero-order valence-electron chi connectivity index (χ0n) is 22.5. The summed E-state index contributed by atoms with van der Waals surface area (Å²) in [7, 11) is 0. The van der Waals surface area contributed by atoms with Gasteiger partial charge in [-0.15, -0.1) is 0 Å². The van der Waals surface area contributed by atoms with Crippen molar-refractivity contribution in [1.82, 2.24) is 24.9 Å². The van der Waals surface area contributed by atoms with Gasteiger partial charge in [-0.1, -0.05) is 64.6 Å². The molecule has 0 saturated carbocycles. The van der Waals surface area contributed by atoms with Crippen LogP contribution in [0.5, 0.6) is 11.8 Å². The van der Waals surface area contributed by atoms with E-state index in [2.05, 4.69) is 35.6 Å². The normalized spacial score (nSPS) is 10.8. The highest BCUT2D eigenvalue weighted by molar-refractivity contribution is 6.33. The van der Waals surface area contributed by atoms with Gasteiger partial charge in [0, 0.05) is 42.6 Å². The van der Waals surface area contributed by atoms with Crippen molar-refractivity contribution >= 4 is 75.6 Å². The zero-order valence-corrected chi connectivity index (χ0v) is 25.5. The summed E-state index contributed by atoms with van der Waals surface area (Å²) in [6.07, 6.45) is 0. The number of nitrogens with one attached hydrogen (secondary N) is 2. The Kier molecular flexibility index (Phi) is 8.63. The number of nitrogens with zero attached hydrogens (tertiary/aromatic N) is 5. The molecule has 0 amide bonds. The number of aromatic nitrogens is 5. The van der Waals surface area contributed by atoms with Crippen LogP contribution in [-0.2, 0) is 0 Å². The van der Waals surface area contributed by atoms with Gasteiger partial charge in [-0.05, 0) is 78.9 Å². The number of benzene rings is 4. The number of nitrogens with two attached hydrogens (primary N) is 1. The Labute approximate surface area is 272 Å². The first kappa shape index (κ1) is 29.4. The molecule has 4 N–H and O–H groups in total. The maximum atomic E-state index is 6.44. The van der Waals surface area contributed by atoms with Gasteiger partial charge in [0.05, 0.1) is 11.4 Å². The zero-order chi connectivity index (χ0) is 30.6. The lowest BCUT2D eigenvalue weighted by molar-refractivity contribution is 0.443. The smallest absolute Gasteiger partial charge is 0.328 e. The molecule has 0 radical (unpaired) electrons. The Balaban J connectivity index is 1.39. The fourth-order valence-corrected chi connectivity index (χ4v) is 4.80. The van der Waals surface area contributed by atoms with Crippen molar-refractivity contribution in [2.75, 3.05) is 16.4 Å². The van der Waals surface area contributed by atoms with Crippen molar-refractivity contribution in [2.24, 2.45) is 0 Å². The molecule has 0 saturated heterocycles. The van der Waals surface area contributed by atoms with Gasteiger partial charge in [0.25, 0.3) is 0 Å². The summed E-state index contributed by atoms with van der Waals surface area (Å²) >= 11 is 25.0. The van der Waals surface area contributed by atoms with Crippen molar-refractivity contribution in [3.63, 3.8) is 0 Å². The second kappa shape index (κ2) is 12.9. The molecule has 0 unspecified atom stereocenters. The third kappa shape index (κ3) is 7.10. The second-order valence-electron chi connectivity index (χ2n) is 9.25. The molecule has 0 bridgehead atoms. The fourth-order valence-electron chi connectivity index (χ4n) is 4.14. The van der Waals surface area contributed by atoms with Gasteiger partial charge < -0.3 is 21.1 Å². The second-order valence-corrected chi connectivity index (χ2v) is 11.0. The molecule has 0 fully saturated rings. The molecule has 2 heterocycles. The van der Waals surface area contributed by atoms with Gasteiger partial charge in [0.15, 0.2) is 0 Å². The monoisotopic (exact) mass is 660 g/mol. The van der Waals surface area contributed by atoms with Crippen LogP contribution in [0.25, 0.3) is 22.5 Å². The molecule has 13 heteroatoms. The van der Waals surface area contributed by atoms with Crippen molar-refractivity contribution in [2.45, 2.75) is 0 Å². The predicted octanol–water partition coefficient (Wildman–Crippen LogP) is 9.47. The summed E-state index contributed by atoms with van der Waals surface area (Å²) < 4.78 is 6.25. The first-order chi connectivity index (χ1) is 21.3. The van der Waals surface area contributed by atoms with E-state index >= 15 is 0 Å². The lowest BCUT2D eigenvalue weighted by Gasteiger charge is -2.14. The molecule has 0 atom stereocenters. The van der Waals surface area contributed by atoms with E-state index in [1.54, 1.807) is 78.9 Å². The molecular formula is C31H20Cl4N8O. The van der Waals surface area contributed by atoms with Gasteiger partial charge in [0.2, 0.25) is 17.8 Å². The van der Waals surface area contributed by atoms with Gasteiger partial charge in [-0.2, -0.15) is 15.0 Å². The number of ether oxygens (including phenoxy) is 1. The quantitative estimate of drug-likeness (QED) is 0.146. The van der Waals surface area contributed by atoms with Crippen molar-refractivity contribution < 1.29 is 4.74 Å². The fraction of sp³-hybridized carbons (Fsp3) is 0. The molecule has 4 aromatic carbocycles. The number of anilines is 5. The van der Waals surface area contributed by atoms with Crippen LogP contribution >= 0.6 is 46.4 Å². The van der Waals surface area contributed by atoms with Gasteiger partial charge >= 0.3 is 6.01 Å². The summed E-state index contributed by atoms with van der Waals surface area (Å²) in [5, 5.41) is 8.47. The van der Waals surface area contributed by atoms with E-state index in [0.717, 1.165) is 0 Å². The largest absolute Gasteiger partial charge is 0.423 e. The van der Waals surface area contributed by atoms with Crippen LogP contribution < -0.4 is 21.1 Å². The highest BCUT2D eigenvalue weighted by Gasteiger charge is 2.17. The third-order valence-corrected chi connectivity index (χ3v) is 7.20. The van der Waals surface area contributed by atoms with Crippen LogP contribution in [0.15, 0.2) is 97.1 Å². The predicted molar refractivity (Wildman–Crippen MR) is 177 cm³/mol. The standard InChI is InChI=1S/C31H20Cl4N8O/c32-17-5-10-20(11-6-17)37-29-41-30(38-21-12-7-18(33)8-13-21)43-31(42-29)44-27-14-9-19(34)15-23(27)26-16-25(39-28(36)40-26)22-3-1-2-4-24(22)35/h1-16H,(H2,36,39,40)(H2,37,38,41,42,43). The Morgan fingerprint density at radius 3 is 1.68 bits per heavy atom. The molecule has 0 aliphatic heterocycles. The molecule has 0 aliphatic carbocycles. The van der Waals surface area contributed by atoms with Crippen LogP contribution in [0.2, 0.25) is 20.1 Å². The van der Waals surface area contributed by atoms with E-state index in [1.165, 1.54) is 0 Å². The van der Waals surface area contributed by atoms with Crippen LogP contribution in [-0.4, -0.2) is 24.9 Å². The molecule has 6 aromatic rings. The van der Waals surface area contributed by atoms with Crippen molar-refractivity contribution in [3.8, 4) is 34.3 Å². The minimum absolute atomic E-state index is 0.00939. The number of nitrogen functional groups attached to an aromatic ring is 1. The highest BCUT2D eigenvalue weighted by Crippen LogP contribution is 2.37. The Morgan fingerprint density at radius 1 is 0.545 bits per heavy atom. The topological polar surface area (TPSA) is 124 Å². The van der Waals surface area contributed by atoms with Crippen LogP contribution in [0, 0.1) is 0 Å². The number of hydrogen-bond donors (Lipinski definition) is 3. The molecule has 0 spiro atoms. The first-order valence-corrected chi connectivity index (χ1v) is 14.5.